The molecule has 3 aromatic rings. The van der Waals surface area contributed by atoms with Gasteiger partial charge in [-0.25, -0.2) is 0 Å². The van der Waals surface area contributed by atoms with Gasteiger partial charge in [-0.2, -0.15) is 0 Å². The van der Waals surface area contributed by atoms with Crippen molar-refractivity contribution >= 4 is 28.6 Å². The number of pyridine rings is 1. The molecule has 1 aromatic carbocycles. The Hall–Kier alpha value is -4.32. The van der Waals surface area contributed by atoms with Crippen LogP contribution in [0.25, 0.3) is 10.9 Å². The first-order chi connectivity index (χ1) is 18.0. The van der Waals surface area contributed by atoms with E-state index in [1.165, 1.54) is 0 Å². The fourth-order valence-corrected chi connectivity index (χ4v) is 5.31. The van der Waals surface area contributed by atoms with E-state index in [0.717, 1.165) is 16.6 Å². The molecule has 0 radical (unpaired) electrons. The molecule has 5 rings (SSSR count). The van der Waals surface area contributed by atoms with Crippen LogP contribution in [0.15, 0.2) is 48.7 Å². The third-order valence-electron chi connectivity index (χ3n) is 7.25. The van der Waals surface area contributed by atoms with E-state index in [-0.39, 0.29) is 29.6 Å². The van der Waals surface area contributed by atoms with Crippen LogP contribution in [-0.2, 0) is 9.59 Å². The van der Waals surface area contributed by atoms with Crippen LogP contribution in [0.1, 0.15) is 41.4 Å². The van der Waals surface area contributed by atoms with Crippen molar-refractivity contribution < 1.29 is 19.1 Å². The highest BCUT2D eigenvalue weighted by Gasteiger charge is 2.42. The maximum atomic E-state index is 13.7. The lowest BCUT2D eigenvalue weighted by molar-refractivity contribution is -0.126. The number of hydrogen-bond donors (Lipinski definition) is 3. The second-order valence-corrected chi connectivity index (χ2v) is 9.51. The SMILES string of the molecule is C#C[C@H](C[C@@H]1CCNC1=O)NC(=O)[C@@H]1C[C@@H](c2ccccn2)CN1C(=O)c1cc2c(OC)cccc2[nH]1. The van der Waals surface area contributed by atoms with E-state index >= 15 is 0 Å². The fourth-order valence-electron chi connectivity index (χ4n) is 5.31. The fraction of sp³-hybridized carbons (Fsp3) is 0.357. The van der Waals surface area contributed by atoms with Crippen LogP contribution in [-0.4, -0.2) is 64.9 Å². The summed E-state index contributed by atoms with van der Waals surface area (Å²) in [5.74, 6) is 2.26. The number of aromatic nitrogens is 2. The van der Waals surface area contributed by atoms with Crippen LogP contribution in [0.2, 0.25) is 0 Å². The number of nitrogens with one attached hydrogen (secondary N) is 3. The normalized spacial score (nSPS) is 21.9. The van der Waals surface area contributed by atoms with Crippen molar-refractivity contribution in [2.75, 3.05) is 20.2 Å². The standard InChI is InChI=1S/C28H29N5O4/c1-3-19(13-17-10-12-30-26(17)34)31-27(35)24-14-18(21-7-4-5-11-29-21)16-33(24)28(36)23-15-20-22(32-23)8-6-9-25(20)37-2/h1,4-9,11,15,17-19,24,32H,10,12-14,16H2,2H3,(H,30,34)(H,31,35)/t17-,18+,19+,24-/m0/s1. The Bertz CT molecular complexity index is 1360. The van der Waals surface area contributed by atoms with E-state index < -0.39 is 12.1 Å². The molecule has 3 amide bonds. The second-order valence-electron chi connectivity index (χ2n) is 9.51. The van der Waals surface area contributed by atoms with Crippen molar-refractivity contribution in [2.45, 2.75) is 37.3 Å². The summed E-state index contributed by atoms with van der Waals surface area (Å²) in [7, 11) is 1.58. The minimum atomic E-state index is -0.735. The Morgan fingerprint density at radius 3 is 2.86 bits per heavy atom. The Labute approximate surface area is 215 Å². The van der Waals surface area contributed by atoms with Gasteiger partial charge in [0.2, 0.25) is 11.8 Å². The van der Waals surface area contributed by atoms with Crippen LogP contribution in [0.4, 0.5) is 0 Å². The van der Waals surface area contributed by atoms with Crippen LogP contribution in [0.3, 0.4) is 0 Å². The number of rotatable bonds is 7. The highest BCUT2D eigenvalue weighted by molar-refractivity contribution is 6.02. The number of aromatic amines is 1. The number of benzene rings is 1. The zero-order valence-corrected chi connectivity index (χ0v) is 20.6. The molecule has 2 fully saturated rings. The summed E-state index contributed by atoms with van der Waals surface area (Å²) in [6.07, 6.45) is 8.89. The largest absolute Gasteiger partial charge is 0.496 e. The summed E-state index contributed by atoms with van der Waals surface area (Å²) in [6, 6.07) is 11.6. The summed E-state index contributed by atoms with van der Waals surface area (Å²) in [5, 5.41) is 6.50. The molecule has 4 atom stereocenters. The predicted molar refractivity (Wildman–Crippen MR) is 138 cm³/mol. The summed E-state index contributed by atoms with van der Waals surface area (Å²) in [4.78, 5) is 48.5. The third kappa shape index (κ3) is 4.87. The molecule has 2 saturated heterocycles. The highest BCUT2D eigenvalue weighted by Crippen LogP contribution is 2.33. The summed E-state index contributed by atoms with van der Waals surface area (Å²) in [5.41, 5.74) is 1.96. The van der Waals surface area contributed by atoms with E-state index in [2.05, 4.69) is 26.5 Å². The average molecular weight is 500 g/mol. The summed E-state index contributed by atoms with van der Waals surface area (Å²) in [6.45, 7) is 0.951. The number of H-pyrrole nitrogens is 1. The van der Waals surface area contributed by atoms with Crippen molar-refractivity contribution in [2.24, 2.45) is 5.92 Å². The van der Waals surface area contributed by atoms with Gasteiger partial charge in [-0.05, 0) is 49.6 Å². The van der Waals surface area contributed by atoms with Gasteiger partial charge in [-0.15, -0.1) is 6.42 Å². The molecular formula is C28H29N5O4. The van der Waals surface area contributed by atoms with Crippen LogP contribution < -0.4 is 15.4 Å². The molecule has 0 unspecified atom stereocenters. The molecular weight excluding hydrogens is 470 g/mol. The lowest BCUT2D eigenvalue weighted by Crippen LogP contribution is -2.49. The van der Waals surface area contributed by atoms with Gasteiger partial charge in [0.25, 0.3) is 5.91 Å². The van der Waals surface area contributed by atoms with E-state index in [4.69, 9.17) is 11.2 Å². The molecule has 0 saturated carbocycles. The molecule has 2 aliphatic rings. The molecule has 2 aromatic heterocycles. The predicted octanol–water partition coefficient (Wildman–Crippen LogP) is 2.21. The van der Waals surface area contributed by atoms with Gasteiger partial charge < -0.3 is 25.3 Å². The number of terminal acetylenes is 1. The van der Waals surface area contributed by atoms with E-state index in [9.17, 15) is 14.4 Å². The summed E-state index contributed by atoms with van der Waals surface area (Å²) >= 11 is 0. The quantitative estimate of drug-likeness (QED) is 0.431. The zero-order valence-electron chi connectivity index (χ0n) is 20.6. The molecule has 0 bridgehead atoms. The van der Waals surface area contributed by atoms with Crippen molar-refractivity contribution in [1.29, 1.82) is 0 Å². The van der Waals surface area contributed by atoms with Crippen molar-refractivity contribution in [1.82, 2.24) is 25.5 Å². The number of methoxy groups -OCH3 is 1. The van der Waals surface area contributed by atoms with Gasteiger partial charge in [-0.3, -0.25) is 19.4 Å². The van der Waals surface area contributed by atoms with E-state index in [0.29, 0.717) is 43.8 Å². The highest BCUT2D eigenvalue weighted by atomic mass is 16.5. The lowest BCUT2D eigenvalue weighted by Gasteiger charge is -2.25. The lowest BCUT2D eigenvalue weighted by atomic mass is 9.97. The average Bonchev–Trinajstić information content (AvgIpc) is 3.66. The summed E-state index contributed by atoms with van der Waals surface area (Å²) < 4.78 is 5.43. The Kier molecular flexibility index (Phi) is 6.82. The molecule has 0 spiro atoms. The maximum absolute atomic E-state index is 13.7. The zero-order chi connectivity index (χ0) is 25.9. The van der Waals surface area contributed by atoms with Gasteiger partial charge >= 0.3 is 0 Å². The van der Waals surface area contributed by atoms with Crippen molar-refractivity contribution in [3.05, 3.63) is 60.0 Å². The molecule has 3 N–H and O–H groups in total. The molecule has 0 aliphatic carbocycles. The van der Waals surface area contributed by atoms with Crippen LogP contribution >= 0.6 is 0 Å². The minimum absolute atomic E-state index is 0.0448. The topological polar surface area (TPSA) is 116 Å². The van der Waals surface area contributed by atoms with E-state index in [1.807, 2.05) is 36.4 Å². The number of likely N-dealkylation sites (tertiary alicyclic amines) is 1. The Balaban J connectivity index is 1.40. The number of nitrogens with zero attached hydrogens (tertiary/aromatic N) is 2. The first kappa shape index (κ1) is 24.4. The number of amides is 3. The van der Waals surface area contributed by atoms with Gasteiger partial charge in [0.1, 0.15) is 17.5 Å². The number of carbonyl (C=O) groups is 3. The third-order valence-corrected chi connectivity index (χ3v) is 7.25. The van der Waals surface area contributed by atoms with Gasteiger partial charge in [0.05, 0.1) is 13.2 Å². The molecule has 9 heteroatoms. The number of ether oxygens (including phenoxy) is 1. The molecule has 2 aliphatic heterocycles. The Morgan fingerprint density at radius 1 is 1.30 bits per heavy atom. The van der Waals surface area contributed by atoms with Gasteiger partial charge in [-0.1, -0.05) is 18.1 Å². The molecule has 190 valence electrons. The first-order valence-corrected chi connectivity index (χ1v) is 12.4. The Morgan fingerprint density at radius 2 is 2.16 bits per heavy atom. The number of fused-ring (bicyclic) bond motifs is 1. The van der Waals surface area contributed by atoms with Crippen LogP contribution in [0.5, 0.6) is 5.75 Å². The molecule has 37 heavy (non-hydrogen) atoms. The number of hydrogen-bond acceptors (Lipinski definition) is 5. The van der Waals surface area contributed by atoms with Crippen molar-refractivity contribution in [3.63, 3.8) is 0 Å². The van der Waals surface area contributed by atoms with Gasteiger partial charge in [0.15, 0.2) is 0 Å². The monoisotopic (exact) mass is 499 g/mol. The maximum Gasteiger partial charge on any atom is 0.271 e. The van der Waals surface area contributed by atoms with Gasteiger partial charge in [0, 0.05) is 47.7 Å². The number of carbonyl (C=O) groups excluding carboxylic acids is 3. The molecule has 9 nitrogen and oxygen atoms in total. The van der Waals surface area contributed by atoms with Crippen LogP contribution in [0, 0.1) is 18.3 Å². The molecule has 4 heterocycles. The minimum Gasteiger partial charge on any atom is -0.496 e. The van der Waals surface area contributed by atoms with Crippen molar-refractivity contribution in [3.8, 4) is 18.1 Å². The van der Waals surface area contributed by atoms with E-state index in [1.54, 1.807) is 24.3 Å². The smallest absolute Gasteiger partial charge is 0.271 e. The second kappa shape index (κ2) is 10.3. The first-order valence-electron chi connectivity index (χ1n) is 12.4.